The van der Waals surface area contributed by atoms with Gasteiger partial charge in [-0.3, -0.25) is 9.59 Å². The highest BCUT2D eigenvalue weighted by Crippen LogP contribution is 2.31. The van der Waals surface area contributed by atoms with Crippen molar-refractivity contribution in [2.75, 3.05) is 0 Å². The average molecular weight is 465 g/mol. The molecule has 158 valence electrons. The summed E-state index contributed by atoms with van der Waals surface area (Å²) in [7, 11) is 0. The molecule has 1 aliphatic heterocycles. The number of halogens is 2. The van der Waals surface area contributed by atoms with Crippen LogP contribution in [-0.4, -0.2) is 17.6 Å². The molecule has 0 bridgehead atoms. The predicted octanol–water partition coefficient (Wildman–Crippen LogP) is 4.33. The topological polar surface area (TPSA) is 107 Å². The van der Waals surface area contributed by atoms with Gasteiger partial charge in [0.05, 0.1) is 29.1 Å². The van der Waals surface area contributed by atoms with E-state index in [2.05, 4.69) is 15.6 Å². The van der Waals surface area contributed by atoms with Crippen LogP contribution in [0.4, 0.5) is 0 Å². The van der Waals surface area contributed by atoms with Crippen molar-refractivity contribution >= 4 is 46.5 Å². The SMILES string of the molecule is N#C/C(C(=O)NCc1ccco1)=C1/N=C(NC(=O)c2ccc(Cl)cc2Cl)c2ccccc21. The van der Waals surface area contributed by atoms with Gasteiger partial charge in [-0.15, -0.1) is 0 Å². The molecule has 32 heavy (non-hydrogen) atoms. The number of amidine groups is 1. The number of hydrogen-bond donors (Lipinski definition) is 2. The number of aliphatic imine (C=N–C) groups is 1. The van der Waals surface area contributed by atoms with Gasteiger partial charge in [0.15, 0.2) is 0 Å². The van der Waals surface area contributed by atoms with Crippen LogP contribution < -0.4 is 10.6 Å². The Morgan fingerprint density at radius 3 is 2.53 bits per heavy atom. The summed E-state index contributed by atoms with van der Waals surface area (Å²) in [5.41, 5.74) is 1.32. The number of fused-ring (bicyclic) bond motifs is 1. The highest BCUT2D eigenvalue weighted by atomic mass is 35.5. The molecule has 1 aromatic heterocycles. The second kappa shape index (κ2) is 9.10. The van der Waals surface area contributed by atoms with Crippen LogP contribution in [0.5, 0.6) is 0 Å². The Morgan fingerprint density at radius 1 is 1.06 bits per heavy atom. The lowest BCUT2D eigenvalue weighted by atomic mass is 10.0. The Hall–Kier alpha value is -3.86. The van der Waals surface area contributed by atoms with E-state index in [0.29, 0.717) is 21.9 Å². The lowest BCUT2D eigenvalue weighted by Gasteiger charge is -2.07. The molecule has 3 aromatic rings. The molecule has 0 saturated carbocycles. The Bertz CT molecular complexity index is 1320. The molecule has 2 heterocycles. The number of benzene rings is 2. The fourth-order valence-corrected chi connectivity index (χ4v) is 3.64. The van der Waals surface area contributed by atoms with Crippen molar-refractivity contribution in [3.05, 3.63) is 98.9 Å². The first kappa shape index (κ1) is 21.4. The Kier molecular flexibility index (Phi) is 6.08. The van der Waals surface area contributed by atoms with Crippen molar-refractivity contribution < 1.29 is 14.0 Å². The standard InChI is InChI=1S/C23H14Cl2N4O3/c24-13-7-8-17(19(25)10-13)23(31)29-21-16-6-2-1-5-15(16)20(28-21)18(11-26)22(30)27-12-14-4-3-9-32-14/h1-10H,12H2,(H,27,30)(H,28,29,31)/b20-18-. The van der Waals surface area contributed by atoms with E-state index in [1.54, 1.807) is 42.5 Å². The minimum atomic E-state index is -0.606. The zero-order valence-corrected chi connectivity index (χ0v) is 17.9. The minimum Gasteiger partial charge on any atom is -0.467 e. The van der Waals surface area contributed by atoms with Crippen LogP contribution >= 0.6 is 23.2 Å². The van der Waals surface area contributed by atoms with Gasteiger partial charge in [-0.25, -0.2) is 4.99 Å². The largest absolute Gasteiger partial charge is 0.467 e. The van der Waals surface area contributed by atoms with Crippen molar-refractivity contribution in [3.8, 4) is 6.07 Å². The third-order valence-corrected chi connectivity index (χ3v) is 5.20. The van der Waals surface area contributed by atoms with E-state index < -0.39 is 11.8 Å². The smallest absolute Gasteiger partial charge is 0.264 e. The highest BCUT2D eigenvalue weighted by Gasteiger charge is 2.27. The summed E-state index contributed by atoms with van der Waals surface area (Å²) >= 11 is 12.0. The number of nitriles is 1. The maximum Gasteiger partial charge on any atom is 0.264 e. The first-order valence-corrected chi connectivity index (χ1v) is 10.1. The van der Waals surface area contributed by atoms with E-state index in [1.165, 1.54) is 18.4 Å². The summed E-state index contributed by atoms with van der Waals surface area (Å²) in [4.78, 5) is 29.8. The number of hydrogen-bond acceptors (Lipinski definition) is 5. The second-order valence-corrected chi connectivity index (χ2v) is 7.53. The molecule has 2 N–H and O–H groups in total. The van der Waals surface area contributed by atoms with Crippen LogP contribution in [0, 0.1) is 11.3 Å². The molecule has 2 amide bonds. The summed E-state index contributed by atoms with van der Waals surface area (Å²) < 4.78 is 5.19. The van der Waals surface area contributed by atoms with Gasteiger partial charge in [0, 0.05) is 16.1 Å². The van der Waals surface area contributed by atoms with Crippen molar-refractivity contribution in [2.24, 2.45) is 4.99 Å². The number of carbonyl (C=O) groups is 2. The molecular formula is C23H14Cl2N4O3. The summed E-state index contributed by atoms with van der Waals surface area (Å²) in [6.07, 6.45) is 1.49. The lowest BCUT2D eigenvalue weighted by Crippen LogP contribution is -2.30. The quantitative estimate of drug-likeness (QED) is 0.442. The van der Waals surface area contributed by atoms with E-state index in [-0.39, 0.29) is 34.2 Å². The normalized spacial score (nSPS) is 13.6. The molecule has 4 rings (SSSR count). The molecule has 0 spiro atoms. The maximum atomic E-state index is 12.8. The number of nitrogens with zero attached hydrogens (tertiary/aromatic N) is 2. The maximum absolute atomic E-state index is 12.8. The molecule has 0 aliphatic carbocycles. The van der Waals surface area contributed by atoms with E-state index in [9.17, 15) is 14.9 Å². The minimum absolute atomic E-state index is 0.119. The molecule has 0 atom stereocenters. The fraction of sp³-hybridized carbons (Fsp3) is 0.0435. The Morgan fingerprint density at radius 2 is 1.84 bits per heavy atom. The van der Waals surface area contributed by atoms with Crippen molar-refractivity contribution in [1.29, 1.82) is 5.26 Å². The van der Waals surface area contributed by atoms with Crippen molar-refractivity contribution in [1.82, 2.24) is 10.6 Å². The second-order valence-electron chi connectivity index (χ2n) is 6.68. The zero-order chi connectivity index (χ0) is 22.7. The van der Waals surface area contributed by atoms with E-state index >= 15 is 0 Å². The molecule has 2 aromatic carbocycles. The molecule has 0 saturated heterocycles. The van der Waals surface area contributed by atoms with Gasteiger partial charge in [-0.1, -0.05) is 47.5 Å². The van der Waals surface area contributed by atoms with Gasteiger partial charge in [0.2, 0.25) is 0 Å². The van der Waals surface area contributed by atoms with Crippen molar-refractivity contribution in [3.63, 3.8) is 0 Å². The number of rotatable bonds is 4. The molecule has 0 fully saturated rings. The molecule has 7 nitrogen and oxygen atoms in total. The summed E-state index contributed by atoms with van der Waals surface area (Å²) in [5, 5.41) is 15.6. The van der Waals surface area contributed by atoms with Crippen LogP contribution in [0.15, 0.2) is 75.8 Å². The van der Waals surface area contributed by atoms with E-state index in [1.807, 2.05) is 6.07 Å². The van der Waals surface area contributed by atoms with Gasteiger partial charge in [-0.05, 0) is 30.3 Å². The van der Waals surface area contributed by atoms with Crippen LogP contribution in [0.3, 0.4) is 0 Å². The molecule has 1 aliphatic rings. The number of furan rings is 1. The molecule has 9 heteroatoms. The highest BCUT2D eigenvalue weighted by molar-refractivity contribution is 6.37. The average Bonchev–Trinajstić information content (AvgIpc) is 3.42. The van der Waals surface area contributed by atoms with E-state index in [0.717, 1.165) is 0 Å². The number of carbonyl (C=O) groups excluding carboxylic acids is 2. The fourth-order valence-electron chi connectivity index (χ4n) is 3.14. The van der Waals surface area contributed by atoms with Gasteiger partial charge in [0.25, 0.3) is 11.8 Å². The lowest BCUT2D eigenvalue weighted by molar-refractivity contribution is -0.117. The molecular weight excluding hydrogens is 451 g/mol. The molecule has 0 radical (unpaired) electrons. The number of nitrogens with one attached hydrogen (secondary N) is 2. The van der Waals surface area contributed by atoms with E-state index in [4.69, 9.17) is 27.6 Å². The third-order valence-electron chi connectivity index (χ3n) is 4.65. The van der Waals surface area contributed by atoms with Gasteiger partial charge in [0.1, 0.15) is 23.2 Å². The van der Waals surface area contributed by atoms with Crippen LogP contribution in [0.2, 0.25) is 10.0 Å². The van der Waals surface area contributed by atoms with Crippen LogP contribution in [-0.2, 0) is 11.3 Å². The first-order chi connectivity index (χ1) is 15.5. The van der Waals surface area contributed by atoms with Crippen LogP contribution in [0.25, 0.3) is 5.70 Å². The van der Waals surface area contributed by atoms with Crippen molar-refractivity contribution in [2.45, 2.75) is 6.54 Å². The summed E-state index contributed by atoms with van der Waals surface area (Å²) in [6.45, 7) is 0.119. The summed E-state index contributed by atoms with van der Waals surface area (Å²) in [6, 6.07) is 16.8. The van der Waals surface area contributed by atoms with Gasteiger partial charge >= 0.3 is 0 Å². The predicted molar refractivity (Wildman–Crippen MR) is 120 cm³/mol. The monoisotopic (exact) mass is 464 g/mol. The Labute approximate surface area is 193 Å². The Balaban J connectivity index is 1.66. The van der Waals surface area contributed by atoms with Crippen LogP contribution in [0.1, 0.15) is 27.2 Å². The third kappa shape index (κ3) is 4.28. The first-order valence-electron chi connectivity index (χ1n) is 9.37. The molecule has 0 unspecified atom stereocenters. The number of amides is 2. The zero-order valence-electron chi connectivity index (χ0n) is 16.4. The van der Waals surface area contributed by atoms with Gasteiger partial charge in [-0.2, -0.15) is 5.26 Å². The van der Waals surface area contributed by atoms with Gasteiger partial charge < -0.3 is 15.1 Å². The summed E-state index contributed by atoms with van der Waals surface area (Å²) in [5.74, 6) is -0.352.